The third-order valence-corrected chi connectivity index (χ3v) is 1.50. The first-order valence-electron chi connectivity index (χ1n) is 3.49. The second kappa shape index (κ2) is 3.75. The molecule has 0 aromatic heterocycles. The molecule has 0 amide bonds. The first-order chi connectivity index (χ1) is 6.15. The molecule has 0 aliphatic heterocycles. The van der Waals surface area contributed by atoms with Gasteiger partial charge in [0, 0.05) is 17.7 Å². The fraction of sp³-hybridized carbons (Fsp3) is 0.125. The Morgan fingerprint density at radius 1 is 1.54 bits per heavy atom. The number of halogens is 1. The molecule has 0 aliphatic carbocycles. The number of ketones is 1. The van der Waals surface area contributed by atoms with Gasteiger partial charge in [0.2, 0.25) is 0 Å². The molecule has 0 fully saturated rings. The van der Waals surface area contributed by atoms with Gasteiger partial charge in [0.15, 0.2) is 12.5 Å². The smallest absolute Gasteiger partial charge is 0.270 e. The fourth-order valence-corrected chi connectivity index (χ4v) is 0.870. The van der Waals surface area contributed by atoms with E-state index in [4.69, 9.17) is 0 Å². The van der Waals surface area contributed by atoms with E-state index in [1.54, 1.807) is 0 Å². The van der Waals surface area contributed by atoms with Crippen LogP contribution in [0.15, 0.2) is 24.3 Å². The maximum atomic E-state index is 11.9. The van der Waals surface area contributed by atoms with Crippen LogP contribution in [0.3, 0.4) is 0 Å². The van der Waals surface area contributed by atoms with Gasteiger partial charge in [0.1, 0.15) is 0 Å². The lowest BCUT2D eigenvalue weighted by Crippen LogP contribution is -2.01. The molecule has 4 nitrogen and oxygen atoms in total. The Labute approximate surface area is 73.1 Å². The van der Waals surface area contributed by atoms with Crippen molar-refractivity contribution in [2.75, 3.05) is 6.67 Å². The molecular formula is C8H6FNO3. The molecule has 1 aromatic carbocycles. The molecule has 0 atom stereocenters. The van der Waals surface area contributed by atoms with Gasteiger partial charge >= 0.3 is 0 Å². The third-order valence-electron chi connectivity index (χ3n) is 1.50. The van der Waals surface area contributed by atoms with E-state index < -0.39 is 17.4 Å². The first-order valence-corrected chi connectivity index (χ1v) is 3.49. The van der Waals surface area contributed by atoms with Crippen molar-refractivity contribution >= 4 is 11.5 Å². The number of carbonyl (C=O) groups excluding carboxylic acids is 1. The lowest BCUT2D eigenvalue weighted by atomic mass is 10.1. The van der Waals surface area contributed by atoms with E-state index in [0.717, 1.165) is 6.07 Å². The number of Topliss-reactive ketones (excluding diaryl/α,β-unsaturated/α-hetero) is 1. The molecule has 68 valence electrons. The molecule has 0 spiro atoms. The highest BCUT2D eigenvalue weighted by atomic mass is 19.1. The monoisotopic (exact) mass is 183 g/mol. The van der Waals surface area contributed by atoms with Gasteiger partial charge in [-0.15, -0.1) is 0 Å². The molecule has 0 saturated carbocycles. The molecule has 5 heteroatoms. The van der Waals surface area contributed by atoms with Crippen molar-refractivity contribution in [2.45, 2.75) is 0 Å². The van der Waals surface area contributed by atoms with Gasteiger partial charge in [0.25, 0.3) is 5.69 Å². The van der Waals surface area contributed by atoms with Gasteiger partial charge in [-0.1, -0.05) is 12.1 Å². The summed E-state index contributed by atoms with van der Waals surface area (Å²) in [6.07, 6.45) is 0. The van der Waals surface area contributed by atoms with E-state index in [9.17, 15) is 19.3 Å². The summed E-state index contributed by atoms with van der Waals surface area (Å²) in [4.78, 5) is 20.4. The number of non-ortho nitro benzene ring substituents is 1. The number of nitro groups is 1. The Balaban J connectivity index is 3.05. The zero-order valence-electron chi connectivity index (χ0n) is 6.57. The summed E-state index contributed by atoms with van der Waals surface area (Å²) in [6.45, 7) is -1.14. The molecule has 0 unspecified atom stereocenters. The lowest BCUT2D eigenvalue weighted by Gasteiger charge is -1.95. The standard InChI is InChI=1S/C8H6FNO3/c9-5-8(11)6-2-1-3-7(4-6)10(12)13/h1-4H,5H2. The van der Waals surface area contributed by atoms with Gasteiger partial charge in [-0.3, -0.25) is 14.9 Å². The fourth-order valence-electron chi connectivity index (χ4n) is 0.870. The summed E-state index contributed by atoms with van der Waals surface area (Å²) in [7, 11) is 0. The molecule has 1 aromatic rings. The molecule has 0 aliphatic rings. The average Bonchev–Trinajstić information content (AvgIpc) is 2.17. The number of nitro benzene ring substituents is 1. The first kappa shape index (κ1) is 9.31. The average molecular weight is 183 g/mol. The minimum absolute atomic E-state index is 0.0247. The van der Waals surface area contributed by atoms with Crippen molar-refractivity contribution in [3.05, 3.63) is 39.9 Å². The van der Waals surface area contributed by atoms with Crippen LogP contribution in [0.2, 0.25) is 0 Å². The van der Waals surface area contributed by atoms with Crippen molar-refractivity contribution in [1.29, 1.82) is 0 Å². The molecule has 0 radical (unpaired) electrons. The van der Waals surface area contributed by atoms with Crippen LogP contribution in [0.25, 0.3) is 0 Å². The van der Waals surface area contributed by atoms with Gasteiger partial charge < -0.3 is 0 Å². The number of carbonyl (C=O) groups is 1. The highest BCUT2D eigenvalue weighted by Gasteiger charge is 2.10. The Kier molecular flexibility index (Phi) is 2.69. The van der Waals surface area contributed by atoms with Crippen LogP contribution >= 0.6 is 0 Å². The summed E-state index contributed by atoms with van der Waals surface area (Å²) in [5.41, 5.74) is -0.184. The quantitative estimate of drug-likeness (QED) is 0.407. The van der Waals surface area contributed by atoms with Crippen LogP contribution in [-0.4, -0.2) is 17.4 Å². The van der Waals surface area contributed by atoms with Gasteiger partial charge in [-0.25, -0.2) is 4.39 Å². The molecule has 1 rings (SSSR count). The molecule has 0 N–H and O–H groups in total. The predicted molar refractivity (Wildman–Crippen MR) is 43.4 cm³/mol. The van der Waals surface area contributed by atoms with E-state index in [0.29, 0.717) is 0 Å². The van der Waals surface area contributed by atoms with Crippen LogP contribution in [-0.2, 0) is 0 Å². The maximum Gasteiger partial charge on any atom is 0.270 e. The maximum absolute atomic E-state index is 11.9. The number of nitrogens with zero attached hydrogens (tertiary/aromatic N) is 1. The van der Waals surface area contributed by atoms with Gasteiger partial charge in [-0.2, -0.15) is 0 Å². The zero-order valence-corrected chi connectivity index (χ0v) is 6.57. The summed E-state index contributed by atoms with van der Waals surface area (Å²) >= 11 is 0. The Morgan fingerprint density at radius 2 is 2.23 bits per heavy atom. The summed E-state index contributed by atoms with van der Waals surface area (Å²) in [5.74, 6) is -0.747. The number of hydrogen-bond donors (Lipinski definition) is 0. The SMILES string of the molecule is O=C(CF)c1cccc([N+](=O)[O-])c1. The van der Waals surface area contributed by atoms with Crippen molar-refractivity contribution in [3.8, 4) is 0 Å². The summed E-state index contributed by atoms with van der Waals surface area (Å²) < 4.78 is 11.9. The highest BCUT2D eigenvalue weighted by Crippen LogP contribution is 2.13. The zero-order chi connectivity index (χ0) is 9.84. The number of hydrogen-bond acceptors (Lipinski definition) is 3. The molecule has 0 bridgehead atoms. The number of benzene rings is 1. The number of rotatable bonds is 3. The van der Waals surface area contributed by atoms with Crippen molar-refractivity contribution < 1.29 is 14.1 Å². The van der Waals surface area contributed by atoms with Crippen LogP contribution < -0.4 is 0 Å². The molecule has 13 heavy (non-hydrogen) atoms. The van der Waals surface area contributed by atoms with Gasteiger partial charge in [-0.05, 0) is 0 Å². The third kappa shape index (κ3) is 2.08. The molecule has 0 heterocycles. The topological polar surface area (TPSA) is 60.2 Å². The van der Waals surface area contributed by atoms with Crippen LogP contribution in [0, 0.1) is 10.1 Å². The Bertz CT molecular complexity index is 351. The van der Waals surface area contributed by atoms with Crippen LogP contribution in [0.1, 0.15) is 10.4 Å². The minimum Gasteiger partial charge on any atom is -0.291 e. The lowest BCUT2D eigenvalue weighted by molar-refractivity contribution is -0.384. The largest absolute Gasteiger partial charge is 0.291 e. The van der Waals surface area contributed by atoms with Crippen LogP contribution in [0.4, 0.5) is 10.1 Å². The Morgan fingerprint density at radius 3 is 2.77 bits per heavy atom. The second-order valence-corrected chi connectivity index (χ2v) is 2.36. The van der Waals surface area contributed by atoms with Crippen LogP contribution in [0.5, 0.6) is 0 Å². The van der Waals surface area contributed by atoms with Crippen molar-refractivity contribution in [3.63, 3.8) is 0 Å². The van der Waals surface area contributed by atoms with Crippen molar-refractivity contribution in [1.82, 2.24) is 0 Å². The van der Waals surface area contributed by atoms with Gasteiger partial charge in [0.05, 0.1) is 4.92 Å². The molecule has 0 saturated heterocycles. The Hall–Kier alpha value is -1.78. The molecular weight excluding hydrogens is 177 g/mol. The van der Waals surface area contributed by atoms with E-state index in [-0.39, 0.29) is 11.3 Å². The predicted octanol–water partition coefficient (Wildman–Crippen LogP) is 1.75. The summed E-state index contributed by atoms with van der Waals surface area (Å²) in [5, 5.41) is 10.3. The summed E-state index contributed by atoms with van der Waals surface area (Å²) in [6, 6.07) is 4.99. The highest BCUT2D eigenvalue weighted by molar-refractivity contribution is 5.97. The van der Waals surface area contributed by atoms with Crippen molar-refractivity contribution in [2.24, 2.45) is 0 Å². The van der Waals surface area contributed by atoms with E-state index in [1.807, 2.05) is 0 Å². The van der Waals surface area contributed by atoms with E-state index in [1.165, 1.54) is 18.2 Å². The second-order valence-electron chi connectivity index (χ2n) is 2.36. The number of alkyl halides is 1. The minimum atomic E-state index is -1.14. The van der Waals surface area contributed by atoms with E-state index >= 15 is 0 Å². The normalized spacial score (nSPS) is 9.62. The van der Waals surface area contributed by atoms with E-state index in [2.05, 4.69) is 0 Å².